The highest BCUT2D eigenvalue weighted by Crippen LogP contribution is 2.38. The van der Waals surface area contributed by atoms with Crippen molar-refractivity contribution in [2.24, 2.45) is 0 Å². The second-order valence-corrected chi connectivity index (χ2v) is 5.05. The van der Waals surface area contributed by atoms with Gasteiger partial charge in [0.05, 0.1) is 4.47 Å². The van der Waals surface area contributed by atoms with Crippen molar-refractivity contribution >= 4 is 34.2 Å². The third-order valence-corrected chi connectivity index (χ3v) is 3.34. The molecule has 0 fully saturated rings. The van der Waals surface area contributed by atoms with Crippen molar-refractivity contribution in [2.45, 2.75) is 6.42 Å². The van der Waals surface area contributed by atoms with Gasteiger partial charge >= 0.3 is 0 Å². The lowest BCUT2D eigenvalue weighted by Gasteiger charge is -2.20. The van der Waals surface area contributed by atoms with Crippen LogP contribution in [0.5, 0.6) is 11.5 Å². The van der Waals surface area contributed by atoms with E-state index in [1.165, 1.54) is 0 Å². The molecular weight excluding hydrogens is 348 g/mol. The summed E-state index contributed by atoms with van der Waals surface area (Å²) in [6, 6.07) is 3.47. The molecule has 5 nitrogen and oxygen atoms in total. The van der Waals surface area contributed by atoms with Crippen LogP contribution in [0.25, 0.3) is 0 Å². The van der Waals surface area contributed by atoms with Gasteiger partial charge in [-0.05, 0) is 48.1 Å². The van der Waals surface area contributed by atoms with Gasteiger partial charge in [0.2, 0.25) is 0 Å². The minimum absolute atomic E-state index is 0. The lowest BCUT2D eigenvalue weighted by atomic mass is 10.2. The van der Waals surface area contributed by atoms with Crippen molar-refractivity contribution in [1.29, 1.82) is 0 Å². The van der Waals surface area contributed by atoms with E-state index >= 15 is 0 Å². The fourth-order valence-electron chi connectivity index (χ4n) is 1.81. The number of hydrogen-bond donors (Lipinski definition) is 2. The van der Waals surface area contributed by atoms with Gasteiger partial charge < -0.3 is 20.1 Å². The second-order valence-electron chi connectivity index (χ2n) is 4.20. The summed E-state index contributed by atoms with van der Waals surface area (Å²) in [4.78, 5) is 12.0. The fourth-order valence-corrected chi connectivity index (χ4v) is 2.37. The predicted molar refractivity (Wildman–Crippen MR) is 83.3 cm³/mol. The van der Waals surface area contributed by atoms with Crippen LogP contribution in [0.2, 0.25) is 0 Å². The van der Waals surface area contributed by atoms with Crippen molar-refractivity contribution in [3.8, 4) is 11.5 Å². The number of ether oxygens (including phenoxy) is 2. The smallest absolute Gasteiger partial charge is 0.251 e. The molecule has 0 aliphatic carbocycles. The molecule has 0 radical (unpaired) electrons. The fraction of sp³-hybridized carbons (Fsp3) is 0.462. The Morgan fingerprint density at radius 2 is 2.05 bits per heavy atom. The normalized spacial score (nSPS) is 12.5. The summed E-state index contributed by atoms with van der Waals surface area (Å²) in [5, 5.41) is 5.91. The van der Waals surface area contributed by atoms with Crippen LogP contribution in [0.1, 0.15) is 16.8 Å². The van der Waals surface area contributed by atoms with E-state index in [0.29, 0.717) is 36.8 Å². The third kappa shape index (κ3) is 4.26. The molecule has 1 aliphatic rings. The maximum Gasteiger partial charge on any atom is 0.251 e. The van der Waals surface area contributed by atoms with Gasteiger partial charge in [-0.2, -0.15) is 0 Å². The quantitative estimate of drug-likeness (QED) is 0.784. The molecule has 1 aliphatic heterocycles. The zero-order valence-corrected chi connectivity index (χ0v) is 13.6. The number of rotatable bonds is 5. The van der Waals surface area contributed by atoms with Gasteiger partial charge in [-0.25, -0.2) is 0 Å². The Labute approximate surface area is 132 Å². The molecule has 1 aromatic rings. The van der Waals surface area contributed by atoms with Crippen LogP contribution in [0.4, 0.5) is 0 Å². The molecule has 1 heterocycles. The number of amides is 1. The van der Waals surface area contributed by atoms with Crippen molar-refractivity contribution in [2.75, 3.05) is 33.4 Å². The Balaban J connectivity index is 0.00000200. The van der Waals surface area contributed by atoms with E-state index in [1.807, 2.05) is 7.05 Å². The molecule has 20 heavy (non-hydrogen) atoms. The minimum atomic E-state index is -0.103. The van der Waals surface area contributed by atoms with Crippen molar-refractivity contribution in [1.82, 2.24) is 10.6 Å². The summed E-state index contributed by atoms with van der Waals surface area (Å²) < 4.78 is 11.7. The highest BCUT2D eigenvalue weighted by molar-refractivity contribution is 9.10. The monoisotopic (exact) mass is 364 g/mol. The molecule has 2 rings (SSSR count). The summed E-state index contributed by atoms with van der Waals surface area (Å²) in [6.45, 7) is 2.56. The zero-order chi connectivity index (χ0) is 13.7. The molecule has 0 atom stereocenters. The van der Waals surface area contributed by atoms with Crippen molar-refractivity contribution in [3.05, 3.63) is 22.2 Å². The summed E-state index contributed by atoms with van der Waals surface area (Å²) in [5.74, 6) is 1.17. The van der Waals surface area contributed by atoms with Crippen LogP contribution in [0.15, 0.2) is 16.6 Å². The van der Waals surface area contributed by atoms with Gasteiger partial charge in [0.25, 0.3) is 5.91 Å². The number of hydrogen-bond acceptors (Lipinski definition) is 4. The Morgan fingerprint density at radius 1 is 1.30 bits per heavy atom. The van der Waals surface area contributed by atoms with Crippen molar-refractivity contribution < 1.29 is 14.3 Å². The zero-order valence-electron chi connectivity index (χ0n) is 11.2. The molecule has 112 valence electrons. The Bertz CT molecular complexity index is 471. The average Bonchev–Trinajstić information content (AvgIpc) is 2.43. The van der Waals surface area contributed by atoms with Crippen molar-refractivity contribution in [3.63, 3.8) is 0 Å². The Kier molecular flexibility index (Phi) is 7.12. The summed E-state index contributed by atoms with van der Waals surface area (Å²) >= 11 is 3.40. The molecule has 0 aromatic heterocycles. The van der Waals surface area contributed by atoms with Gasteiger partial charge in [-0.3, -0.25) is 4.79 Å². The number of carbonyl (C=O) groups excluding carboxylic acids is 1. The molecular formula is C13H18BrClN2O3. The van der Waals surface area contributed by atoms with E-state index in [2.05, 4.69) is 26.6 Å². The molecule has 1 aromatic carbocycles. The third-order valence-electron chi connectivity index (χ3n) is 2.75. The molecule has 0 unspecified atom stereocenters. The number of fused-ring (bicyclic) bond motifs is 1. The van der Waals surface area contributed by atoms with Crippen LogP contribution in [-0.2, 0) is 0 Å². The maximum absolute atomic E-state index is 12.0. The molecule has 0 saturated carbocycles. The number of nitrogens with one attached hydrogen (secondary N) is 2. The summed E-state index contributed by atoms with van der Waals surface area (Å²) in [6.07, 6.45) is 0.897. The van der Waals surface area contributed by atoms with E-state index in [4.69, 9.17) is 9.47 Å². The molecule has 7 heteroatoms. The first-order chi connectivity index (χ1) is 9.22. The number of benzene rings is 1. The van der Waals surface area contributed by atoms with E-state index in [0.717, 1.165) is 17.4 Å². The average molecular weight is 366 g/mol. The van der Waals surface area contributed by atoms with Crippen LogP contribution >= 0.6 is 28.3 Å². The molecule has 2 N–H and O–H groups in total. The second kappa shape index (κ2) is 8.34. The van der Waals surface area contributed by atoms with Gasteiger partial charge in [0, 0.05) is 12.1 Å². The number of halogens is 2. The lowest BCUT2D eigenvalue weighted by Crippen LogP contribution is -2.27. The van der Waals surface area contributed by atoms with Crippen LogP contribution in [0, 0.1) is 0 Å². The van der Waals surface area contributed by atoms with E-state index in [-0.39, 0.29) is 18.3 Å². The SMILES string of the molecule is CNCCCNC(=O)c1cc(Br)c2c(c1)OCCO2.Cl. The molecule has 0 spiro atoms. The Morgan fingerprint density at radius 3 is 2.80 bits per heavy atom. The maximum atomic E-state index is 12.0. The van der Waals surface area contributed by atoms with Gasteiger partial charge in [-0.1, -0.05) is 0 Å². The van der Waals surface area contributed by atoms with Gasteiger partial charge in [0.1, 0.15) is 13.2 Å². The van der Waals surface area contributed by atoms with Crippen LogP contribution in [-0.4, -0.2) is 39.3 Å². The Hall–Kier alpha value is -0.980. The molecule has 1 amide bonds. The first-order valence-electron chi connectivity index (χ1n) is 6.24. The van der Waals surface area contributed by atoms with Gasteiger partial charge in [0.15, 0.2) is 11.5 Å². The van der Waals surface area contributed by atoms with Crippen LogP contribution in [0.3, 0.4) is 0 Å². The predicted octanol–water partition coefficient (Wildman–Crippen LogP) is 1.98. The lowest BCUT2D eigenvalue weighted by molar-refractivity contribution is 0.0952. The van der Waals surface area contributed by atoms with Crippen LogP contribution < -0.4 is 20.1 Å². The first kappa shape index (κ1) is 17.1. The van der Waals surface area contributed by atoms with E-state index in [9.17, 15) is 4.79 Å². The summed E-state index contributed by atoms with van der Waals surface area (Å²) in [7, 11) is 1.89. The summed E-state index contributed by atoms with van der Waals surface area (Å²) in [5.41, 5.74) is 0.570. The topological polar surface area (TPSA) is 59.6 Å². The van der Waals surface area contributed by atoms with E-state index < -0.39 is 0 Å². The first-order valence-corrected chi connectivity index (χ1v) is 7.03. The van der Waals surface area contributed by atoms with E-state index in [1.54, 1.807) is 12.1 Å². The van der Waals surface area contributed by atoms with Gasteiger partial charge in [-0.15, -0.1) is 12.4 Å². The number of carbonyl (C=O) groups is 1. The highest BCUT2D eigenvalue weighted by Gasteiger charge is 2.18. The molecule has 0 saturated heterocycles. The molecule has 0 bridgehead atoms. The largest absolute Gasteiger partial charge is 0.486 e. The standard InChI is InChI=1S/C13H17BrN2O3.ClH/c1-15-3-2-4-16-13(17)9-7-10(14)12-11(8-9)18-5-6-19-12;/h7-8,15H,2-6H2,1H3,(H,16,17);1H. The highest BCUT2D eigenvalue weighted by atomic mass is 79.9. The minimum Gasteiger partial charge on any atom is -0.486 e.